The van der Waals surface area contributed by atoms with Crippen LogP contribution < -0.4 is 20.3 Å². The van der Waals surface area contributed by atoms with Gasteiger partial charge in [0.2, 0.25) is 11.8 Å². The van der Waals surface area contributed by atoms with E-state index in [-0.39, 0.29) is 18.3 Å². The van der Waals surface area contributed by atoms with Gasteiger partial charge in [-0.25, -0.2) is 14.6 Å². The van der Waals surface area contributed by atoms with E-state index in [0.717, 1.165) is 0 Å². The molecule has 10 nitrogen and oxygen atoms in total. The van der Waals surface area contributed by atoms with Crippen LogP contribution in [0.3, 0.4) is 0 Å². The fourth-order valence-corrected chi connectivity index (χ4v) is 2.36. The van der Waals surface area contributed by atoms with Crippen molar-refractivity contribution in [3.63, 3.8) is 0 Å². The Balaban J connectivity index is 2.02. The molecule has 0 bridgehead atoms. The first-order valence-corrected chi connectivity index (χ1v) is 8.14. The SMILES string of the molecule is COc1ccc(N2C(=O)C(=O)N(CC(=O)NCC(=O)NC(C)C)C2=O)cc1. The first-order chi connectivity index (χ1) is 12.7. The molecule has 10 heteroatoms. The Morgan fingerprint density at radius 2 is 1.67 bits per heavy atom. The highest BCUT2D eigenvalue weighted by atomic mass is 16.5. The lowest BCUT2D eigenvalue weighted by atomic mass is 10.3. The van der Waals surface area contributed by atoms with Crippen LogP contribution in [0.4, 0.5) is 10.5 Å². The van der Waals surface area contributed by atoms with Crippen molar-refractivity contribution >= 4 is 35.3 Å². The molecule has 2 N–H and O–H groups in total. The summed E-state index contributed by atoms with van der Waals surface area (Å²) in [5.74, 6) is -2.80. The minimum atomic E-state index is -1.11. The van der Waals surface area contributed by atoms with Gasteiger partial charge in [-0.2, -0.15) is 0 Å². The number of amides is 6. The highest BCUT2D eigenvalue weighted by molar-refractivity contribution is 6.53. The van der Waals surface area contributed by atoms with Gasteiger partial charge >= 0.3 is 17.8 Å². The van der Waals surface area contributed by atoms with E-state index in [4.69, 9.17) is 4.74 Å². The van der Waals surface area contributed by atoms with Gasteiger partial charge in [-0.15, -0.1) is 0 Å². The Morgan fingerprint density at radius 3 is 2.22 bits per heavy atom. The molecule has 1 aromatic rings. The number of urea groups is 1. The molecule has 1 heterocycles. The molecule has 0 radical (unpaired) electrons. The Bertz CT molecular complexity index is 774. The van der Waals surface area contributed by atoms with Gasteiger partial charge in [0, 0.05) is 6.04 Å². The number of methoxy groups -OCH3 is 1. The smallest absolute Gasteiger partial charge is 0.339 e. The van der Waals surface area contributed by atoms with Gasteiger partial charge in [0.1, 0.15) is 12.3 Å². The summed E-state index contributed by atoms with van der Waals surface area (Å²) >= 11 is 0. The normalized spacial score (nSPS) is 14.0. The summed E-state index contributed by atoms with van der Waals surface area (Å²) in [4.78, 5) is 61.3. The summed E-state index contributed by atoms with van der Waals surface area (Å²) in [7, 11) is 1.46. The van der Waals surface area contributed by atoms with Crippen LogP contribution in [0.5, 0.6) is 5.75 Å². The Morgan fingerprint density at radius 1 is 1.04 bits per heavy atom. The summed E-state index contributed by atoms with van der Waals surface area (Å²) in [5, 5.41) is 4.88. The van der Waals surface area contributed by atoms with Crippen LogP contribution >= 0.6 is 0 Å². The van der Waals surface area contributed by atoms with Gasteiger partial charge in [-0.1, -0.05) is 0 Å². The lowest BCUT2D eigenvalue weighted by molar-refractivity contribution is -0.140. The summed E-state index contributed by atoms with van der Waals surface area (Å²) in [6.07, 6.45) is 0. The lowest BCUT2D eigenvalue weighted by Crippen LogP contribution is -2.45. The van der Waals surface area contributed by atoms with Crippen molar-refractivity contribution < 1.29 is 28.7 Å². The number of carbonyl (C=O) groups excluding carboxylic acids is 5. The second-order valence-corrected chi connectivity index (χ2v) is 6.01. The number of benzene rings is 1. The zero-order valence-electron chi connectivity index (χ0n) is 15.1. The lowest BCUT2D eigenvalue weighted by Gasteiger charge is -2.16. The summed E-state index contributed by atoms with van der Waals surface area (Å²) in [6, 6.07) is 4.93. The van der Waals surface area contributed by atoms with E-state index in [1.807, 2.05) is 0 Å². The van der Waals surface area contributed by atoms with Crippen molar-refractivity contribution in [1.82, 2.24) is 15.5 Å². The Hall–Kier alpha value is -3.43. The summed E-state index contributed by atoms with van der Waals surface area (Å²) in [6.45, 7) is 2.57. The van der Waals surface area contributed by atoms with E-state index in [0.29, 0.717) is 15.5 Å². The summed E-state index contributed by atoms with van der Waals surface area (Å²) < 4.78 is 5.00. The van der Waals surface area contributed by atoms with Crippen molar-refractivity contribution in [1.29, 1.82) is 0 Å². The van der Waals surface area contributed by atoms with E-state index in [2.05, 4.69) is 10.6 Å². The molecule has 1 aliphatic heterocycles. The number of anilines is 1. The molecule has 27 heavy (non-hydrogen) atoms. The molecule has 144 valence electrons. The molecule has 6 amide bonds. The number of hydrogen-bond acceptors (Lipinski definition) is 6. The number of nitrogens with one attached hydrogen (secondary N) is 2. The minimum Gasteiger partial charge on any atom is -0.497 e. The first kappa shape index (κ1) is 19.9. The average Bonchev–Trinajstić information content (AvgIpc) is 2.83. The van der Waals surface area contributed by atoms with Crippen LogP contribution in [0.1, 0.15) is 13.8 Å². The highest BCUT2D eigenvalue weighted by Crippen LogP contribution is 2.24. The molecule has 0 saturated carbocycles. The van der Waals surface area contributed by atoms with Crippen LogP contribution in [-0.2, 0) is 19.2 Å². The second-order valence-electron chi connectivity index (χ2n) is 6.01. The molecule has 0 spiro atoms. The van der Waals surface area contributed by atoms with Gasteiger partial charge < -0.3 is 15.4 Å². The van der Waals surface area contributed by atoms with Gasteiger partial charge in [0.05, 0.1) is 19.3 Å². The summed E-state index contributed by atoms with van der Waals surface area (Å²) in [5.41, 5.74) is 0.179. The Labute approximate surface area is 155 Å². The number of hydrogen-bond donors (Lipinski definition) is 2. The quantitative estimate of drug-likeness (QED) is 0.494. The second kappa shape index (κ2) is 8.30. The third-order valence-corrected chi connectivity index (χ3v) is 3.58. The van der Waals surface area contributed by atoms with Crippen molar-refractivity contribution in [2.45, 2.75) is 19.9 Å². The predicted octanol–water partition coefficient (Wildman–Crippen LogP) is -0.369. The molecule has 0 aromatic heterocycles. The number of imide groups is 2. The van der Waals surface area contributed by atoms with Gasteiger partial charge in [-0.3, -0.25) is 19.2 Å². The molecule has 0 unspecified atom stereocenters. The molecule has 1 saturated heterocycles. The first-order valence-electron chi connectivity index (χ1n) is 8.14. The molecular formula is C17H20N4O6. The molecule has 1 aromatic carbocycles. The van der Waals surface area contributed by atoms with Crippen molar-refractivity contribution in [3.05, 3.63) is 24.3 Å². The van der Waals surface area contributed by atoms with E-state index in [1.165, 1.54) is 31.4 Å². The molecule has 0 atom stereocenters. The van der Waals surface area contributed by atoms with Crippen LogP contribution in [-0.4, -0.2) is 60.8 Å². The standard InChI is InChI=1S/C17H20N4O6/c1-10(2)19-13(22)8-18-14(23)9-20-15(24)16(25)21(17(20)26)11-4-6-12(27-3)7-5-11/h4-7,10H,8-9H2,1-3H3,(H,18,23)(H,19,22). The van der Waals surface area contributed by atoms with Gasteiger partial charge in [-0.05, 0) is 38.1 Å². The van der Waals surface area contributed by atoms with Gasteiger partial charge in [0.15, 0.2) is 0 Å². The van der Waals surface area contributed by atoms with E-state index in [9.17, 15) is 24.0 Å². The molecular weight excluding hydrogens is 356 g/mol. The van der Waals surface area contributed by atoms with Crippen molar-refractivity contribution in [3.8, 4) is 5.75 Å². The minimum absolute atomic E-state index is 0.0909. The third-order valence-electron chi connectivity index (χ3n) is 3.58. The van der Waals surface area contributed by atoms with Crippen molar-refractivity contribution in [2.24, 2.45) is 0 Å². The average molecular weight is 376 g/mol. The molecule has 1 fully saturated rings. The van der Waals surface area contributed by atoms with E-state index in [1.54, 1.807) is 13.8 Å². The van der Waals surface area contributed by atoms with Crippen LogP contribution in [0.2, 0.25) is 0 Å². The zero-order chi connectivity index (χ0) is 20.1. The topological polar surface area (TPSA) is 125 Å². The highest BCUT2D eigenvalue weighted by Gasteiger charge is 2.46. The van der Waals surface area contributed by atoms with Crippen molar-refractivity contribution in [2.75, 3.05) is 25.1 Å². The fourth-order valence-electron chi connectivity index (χ4n) is 2.36. The number of carbonyl (C=O) groups is 5. The van der Waals surface area contributed by atoms with E-state index < -0.39 is 36.2 Å². The number of ether oxygens (including phenoxy) is 1. The maximum Gasteiger partial charge on any atom is 0.339 e. The largest absolute Gasteiger partial charge is 0.497 e. The van der Waals surface area contributed by atoms with Crippen LogP contribution in [0.15, 0.2) is 24.3 Å². The van der Waals surface area contributed by atoms with Crippen LogP contribution in [0.25, 0.3) is 0 Å². The van der Waals surface area contributed by atoms with Crippen LogP contribution in [0, 0.1) is 0 Å². The number of rotatable bonds is 7. The predicted molar refractivity (Wildman–Crippen MR) is 93.9 cm³/mol. The monoisotopic (exact) mass is 376 g/mol. The molecule has 0 aliphatic carbocycles. The maximum absolute atomic E-state index is 12.4. The molecule has 1 aliphatic rings. The number of nitrogens with zero attached hydrogens (tertiary/aromatic N) is 2. The Kier molecular flexibility index (Phi) is 6.11. The maximum atomic E-state index is 12.4. The van der Waals surface area contributed by atoms with E-state index >= 15 is 0 Å². The third kappa shape index (κ3) is 4.60. The fraction of sp³-hybridized carbons (Fsp3) is 0.353. The zero-order valence-corrected chi connectivity index (χ0v) is 15.1. The molecule has 2 rings (SSSR count). The van der Waals surface area contributed by atoms with Gasteiger partial charge in [0.25, 0.3) is 0 Å².